The molecule has 0 spiro atoms. The minimum absolute atomic E-state index is 0.233. The van der Waals surface area contributed by atoms with Gasteiger partial charge in [0.05, 0.1) is 6.61 Å². The number of fused-ring (bicyclic) bond motifs is 1. The first-order valence-electron chi connectivity index (χ1n) is 5.97. The number of aliphatic hydroxyl groups is 3. The highest BCUT2D eigenvalue weighted by molar-refractivity contribution is 6.72. The van der Waals surface area contributed by atoms with Crippen LogP contribution in [0.3, 0.4) is 0 Å². The van der Waals surface area contributed by atoms with E-state index in [1.807, 2.05) is 0 Å². The number of amidine groups is 1. The van der Waals surface area contributed by atoms with Crippen LogP contribution in [-0.2, 0) is 9.53 Å². The van der Waals surface area contributed by atoms with E-state index in [0.29, 0.717) is 0 Å². The van der Waals surface area contributed by atoms with Crippen molar-refractivity contribution in [3.8, 4) is 0 Å². The van der Waals surface area contributed by atoms with Crippen molar-refractivity contribution in [2.24, 2.45) is 9.98 Å². The number of aliphatic hydroxyl groups excluding tert-OH is 3. The van der Waals surface area contributed by atoms with Crippen LogP contribution in [0.5, 0.6) is 0 Å². The number of hydrogen-bond acceptors (Lipinski definition) is 7. The monoisotopic (exact) mass is 297 g/mol. The summed E-state index contributed by atoms with van der Waals surface area (Å²) in [4.78, 5) is 31.5. The molecule has 21 heavy (non-hydrogen) atoms. The third-order valence-electron chi connectivity index (χ3n) is 3.29. The van der Waals surface area contributed by atoms with Gasteiger partial charge in [0.1, 0.15) is 18.3 Å². The van der Waals surface area contributed by atoms with Crippen LogP contribution in [0, 0.1) is 5.41 Å². The van der Waals surface area contributed by atoms with Crippen LogP contribution in [-0.4, -0.2) is 80.8 Å². The average molecular weight is 297 g/mol. The van der Waals surface area contributed by atoms with Crippen LogP contribution in [0.25, 0.3) is 0 Å². The first-order chi connectivity index (χ1) is 9.93. The van der Waals surface area contributed by atoms with E-state index in [0.717, 1.165) is 4.90 Å². The van der Waals surface area contributed by atoms with Gasteiger partial charge >= 0.3 is 6.03 Å². The lowest BCUT2D eigenvalue weighted by atomic mass is 10.1. The van der Waals surface area contributed by atoms with Gasteiger partial charge in [-0.1, -0.05) is 0 Å². The summed E-state index contributed by atoms with van der Waals surface area (Å²) in [5.41, 5.74) is -0.297. The van der Waals surface area contributed by atoms with Crippen molar-refractivity contribution in [3.63, 3.8) is 0 Å². The number of ether oxygens (including phenoxy) is 1. The molecule has 0 aliphatic carbocycles. The van der Waals surface area contributed by atoms with Gasteiger partial charge in [-0.25, -0.2) is 9.69 Å². The Labute approximate surface area is 117 Å². The topological polar surface area (TPSA) is 168 Å². The number of amides is 3. The zero-order valence-electron chi connectivity index (χ0n) is 10.4. The predicted octanol–water partition coefficient (Wildman–Crippen LogP) is -3.23. The number of hydrogen-bond donors (Lipinski definition) is 5. The third-order valence-corrected chi connectivity index (χ3v) is 3.29. The fraction of sp³-hybridized carbons (Fsp3) is 0.500. The summed E-state index contributed by atoms with van der Waals surface area (Å²) in [6.45, 7) is -0.562. The highest BCUT2D eigenvalue weighted by Gasteiger charge is 2.52. The molecule has 0 aromatic rings. The number of urea groups is 1. The Balaban J connectivity index is 1.95. The molecule has 0 aromatic carbocycles. The molecule has 3 aliphatic heterocycles. The fourth-order valence-electron chi connectivity index (χ4n) is 2.29. The van der Waals surface area contributed by atoms with E-state index in [1.165, 1.54) is 0 Å². The second-order valence-electron chi connectivity index (χ2n) is 4.58. The molecular formula is C10H11N5O6. The Bertz CT molecular complexity index is 601. The highest BCUT2D eigenvalue weighted by atomic mass is 16.6. The lowest BCUT2D eigenvalue weighted by Gasteiger charge is -2.26. The number of aliphatic imine (C=N–C) groups is 2. The Kier molecular flexibility index (Phi) is 3.06. The van der Waals surface area contributed by atoms with Crippen LogP contribution in [0.15, 0.2) is 9.98 Å². The molecule has 3 amide bonds. The van der Waals surface area contributed by atoms with Crippen molar-refractivity contribution in [2.45, 2.75) is 24.5 Å². The molecule has 5 N–H and O–H groups in total. The molecule has 3 aliphatic rings. The summed E-state index contributed by atoms with van der Waals surface area (Å²) in [7, 11) is 0. The maximum absolute atomic E-state index is 11.9. The molecule has 4 atom stereocenters. The van der Waals surface area contributed by atoms with E-state index in [4.69, 9.17) is 15.3 Å². The summed E-state index contributed by atoms with van der Waals surface area (Å²) in [6.07, 6.45) is -5.36. The lowest BCUT2D eigenvalue weighted by molar-refractivity contribution is -0.113. The fourth-order valence-corrected chi connectivity index (χ4v) is 2.29. The maximum atomic E-state index is 11.9. The molecule has 0 bridgehead atoms. The molecule has 4 unspecified atom stereocenters. The zero-order chi connectivity index (χ0) is 15.3. The van der Waals surface area contributed by atoms with Gasteiger partial charge in [-0.05, 0) is 0 Å². The van der Waals surface area contributed by atoms with Crippen LogP contribution >= 0.6 is 0 Å². The second-order valence-corrected chi connectivity index (χ2v) is 4.58. The van der Waals surface area contributed by atoms with Gasteiger partial charge in [-0.15, -0.1) is 0 Å². The lowest BCUT2D eigenvalue weighted by Crippen LogP contribution is -2.53. The summed E-state index contributed by atoms with van der Waals surface area (Å²) in [6, 6.07) is -0.913. The minimum atomic E-state index is -1.51. The number of carbonyl (C=O) groups excluding carboxylic acids is 2. The van der Waals surface area contributed by atoms with E-state index in [-0.39, 0.29) is 11.5 Å². The summed E-state index contributed by atoms with van der Waals surface area (Å²) in [5, 5.41) is 38.1. The Morgan fingerprint density at radius 2 is 2.00 bits per heavy atom. The second kappa shape index (κ2) is 4.66. The van der Waals surface area contributed by atoms with Gasteiger partial charge in [0.25, 0.3) is 5.91 Å². The van der Waals surface area contributed by atoms with Crippen molar-refractivity contribution in [3.05, 3.63) is 0 Å². The number of carbonyl (C=O) groups is 2. The molecule has 3 rings (SSSR count). The largest absolute Gasteiger partial charge is 0.394 e. The number of nitrogens with one attached hydrogen (secondary N) is 2. The van der Waals surface area contributed by atoms with Crippen molar-refractivity contribution < 1.29 is 29.6 Å². The van der Waals surface area contributed by atoms with Crippen molar-refractivity contribution in [1.82, 2.24) is 10.2 Å². The van der Waals surface area contributed by atoms with E-state index in [9.17, 15) is 19.8 Å². The molecule has 112 valence electrons. The molecule has 0 radical (unpaired) electrons. The molecule has 3 heterocycles. The Hall–Kier alpha value is -2.21. The molecular weight excluding hydrogens is 286 g/mol. The van der Waals surface area contributed by atoms with Crippen LogP contribution in [0.2, 0.25) is 0 Å². The SMILES string of the molecule is N=C1N=C2C(=NC(=O)N2C2OC(CO)C(O)C2O)C(=O)N1. The highest BCUT2D eigenvalue weighted by Crippen LogP contribution is 2.27. The van der Waals surface area contributed by atoms with Crippen molar-refractivity contribution >= 4 is 29.4 Å². The predicted molar refractivity (Wildman–Crippen MR) is 65.7 cm³/mol. The maximum Gasteiger partial charge on any atom is 0.352 e. The quantitative estimate of drug-likeness (QED) is 0.359. The van der Waals surface area contributed by atoms with Crippen LogP contribution in [0.1, 0.15) is 0 Å². The molecule has 11 heteroatoms. The first-order valence-corrected chi connectivity index (χ1v) is 5.97. The smallest absolute Gasteiger partial charge is 0.352 e. The molecule has 1 fully saturated rings. The van der Waals surface area contributed by atoms with Crippen molar-refractivity contribution in [1.29, 1.82) is 5.41 Å². The summed E-state index contributed by atoms with van der Waals surface area (Å²) < 4.78 is 5.21. The van der Waals surface area contributed by atoms with E-state index in [1.54, 1.807) is 0 Å². The standard InChI is InChI=1S/C10H11N5O6/c11-9-13-6-3(7(19)14-9)12-10(20)15(6)8-5(18)4(17)2(1-16)21-8/h2,4-5,8,16-18H,1H2,(H2,11,14,19). The van der Waals surface area contributed by atoms with Gasteiger partial charge < -0.3 is 20.1 Å². The number of guanidine groups is 1. The normalized spacial score (nSPS) is 35.6. The van der Waals surface area contributed by atoms with Gasteiger partial charge in [-0.3, -0.25) is 15.5 Å². The van der Waals surface area contributed by atoms with E-state index in [2.05, 4.69) is 15.3 Å². The number of rotatable bonds is 2. The van der Waals surface area contributed by atoms with E-state index >= 15 is 0 Å². The first kappa shape index (κ1) is 13.8. The molecule has 0 saturated carbocycles. The van der Waals surface area contributed by atoms with Crippen LogP contribution < -0.4 is 5.32 Å². The van der Waals surface area contributed by atoms with Gasteiger partial charge in [0, 0.05) is 0 Å². The summed E-state index contributed by atoms with van der Waals surface area (Å²) in [5.74, 6) is -1.49. The number of nitrogens with zero attached hydrogens (tertiary/aromatic N) is 3. The van der Waals surface area contributed by atoms with E-state index < -0.39 is 49.0 Å². The van der Waals surface area contributed by atoms with Crippen LogP contribution in [0.4, 0.5) is 4.79 Å². The average Bonchev–Trinajstić information content (AvgIpc) is 2.89. The third kappa shape index (κ3) is 1.94. The molecule has 11 nitrogen and oxygen atoms in total. The molecule has 1 saturated heterocycles. The summed E-state index contributed by atoms with van der Waals surface area (Å²) >= 11 is 0. The molecule has 0 aromatic heterocycles. The van der Waals surface area contributed by atoms with Crippen molar-refractivity contribution in [2.75, 3.05) is 6.61 Å². The van der Waals surface area contributed by atoms with Gasteiger partial charge in [0.2, 0.25) is 5.96 Å². The minimum Gasteiger partial charge on any atom is -0.394 e. The Morgan fingerprint density at radius 3 is 2.62 bits per heavy atom. The van der Waals surface area contributed by atoms with Gasteiger partial charge in [0.15, 0.2) is 17.8 Å². The Morgan fingerprint density at radius 1 is 1.29 bits per heavy atom. The van der Waals surface area contributed by atoms with Gasteiger partial charge in [-0.2, -0.15) is 9.98 Å². The zero-order valence-corrected chi connectivity index (χ0v) is 10.4.